The molecular weight excluding hydrogens is 272 g/mol. The molecule has 1 N–H and O–H groups in total. The van der Waals surface area contributed by atoms with Gasteiger partial charge in [0.15, 0.2) is 0 Å². The third-order valence-electron chi connectivity index (χ3n) is 2.85. The summed E-state index contributed by atoms with van der Waals surface area (Å²) in [6.45, 7) is 1.63. The van der Waals surface area contributed by atoms with Crippen LogP contribution < -0.4 is 0 Å². The van der Waals surface area contributed by atoms with Gasteiger partial charge < -0.3 is 14.7 Å². The van der Waals surface area contributed by atoms with Crippen LogP contribution in [0.25, 0.3) is 0 Å². The van der Waals surface area contributed by atoms with Crippen LogP contribution >= 0.6 is 0 Å². The van der Waals surface area contributed by atoms with Crippen molar-refractivity contribution in [2.75, 3.05) is 27.3 Å². The highest BCUT2D eigenvalue weighted by Gasteiger charge is 2.21. The summed E-state index contributed by atoms with van der Waals surface area (Å²) in [5.74, 6) is 4.11. The molecule has 6 nitrogen and oxygen atoms in total. The quantitative estimate of drug-likeness (QED) is 0.637. The van der Waals surface area contributed by atoms with Crippen molar-refractivity contribution in [3.05, 3.63) is 29.6 Å². The molecule has 0 saturated carbocycles. The molecule has 0 aromatic carbocycles. The minimum absolute atomic E-state index is 0.237. The Bertz CT molecular complexity index is 575. The zero-order chi connectivity index (χ0) is 15.8. The number of esters is 1. The van der Waals surface area contributed by atoms with Crippen LogP contribution in [0.15, 0.2) is 18.5 Å². The van der Waals surface area contributed by atoms with Crippen molar-refractivity contribution in [2.24, 2.45) is 5.92 Å². The van der Waals surface area contributed by atoms with Crippen molar-refractivity contribution >= 4 is 11.9 Å². The van der Waals surface area contributed by atoms with E-state index in [0.29, 0.717) is 11.1 Å². The van der Waals surface area contributed by atoms with E-state index in [-0.39, 0.29) is 25.0 Å². The third kappa shape index (κ3) is 4.58. The molecule has 0 fully saturated rings. The number of pyridine rings is 1. The van der Waals surface area contributed by atoms with Gasteiger partial charge in [0.25, 0.3) is 5.91 Å². The molecule has 0 aliphatic carbocycles. The lowest BCUT2D eigenvalue weighted by Gasteiger charge is -2.20. The predicted octanol–water partition coefficient (Wildman–Crippen LogP) is 0.307. The highest BCUT2D eigenvalue weighted by molar-refractivity contribution is 5.96. The first-order valence-corrected chi connectivity index (χ1v) is 6.38. The highest BCUT2D eigenvalue weighted by atomic mass is 16.5. The van der Waals surface area contributed by atoms with Gasteiger partial charge in [-0.3, -0.25) is 14.6 Å². The summed E-state index contributed by atoms with van der Waals surface area (Å²) in [5, 5.41) is 8.73. The van der Waals surface area contributed by atoms with Crippen molar-refractivity contribution in [3.63, 3.8) is 0 Å². The molecule has 0 saturated heterocycles. The first kappa shape index (κ1) is 16.7. The van der Waals surface area contributed by atoms with Gasteiger partial charge in [-0.15, -0.1) is 0 Å². The van der Waals surface area contributed by atoms with Crippen molar-refractivity contribution in [1.29, 1.82) is 0 Å². The Kier molecular flexibility index (Phi) is 6.37. The molecule has 0 spiro atoms. The molecule has 0 bridgehead atoms. The van der Waals surface area contributed by atoms with Crippen molar-refractivity contribution in [3.8, 4) is 11.8 Å². The average molecular weight is 290 g/mol. The summed E-state index contributed by atoms with van der Waals surface area (Å²) < 4.78 is 4.64. The van der Waals surface area contributed by atoms with Crippen LogP contribution in [0.1, 0.15) is 22.8 Å². The van der Waals surface area contributed by atoms with Crippen LogP contribution in [0.5, 0.6) is 0 Å². The number of ether oxygens (including phenoxy) is 1. The van der Waals surface area contributed by atoms with E-state index in [0.717, 1.165) is 0 Å². The van der Waals surface area contributed by atoms with Crippen LogP contribution in [-0.2, 0) is 9.53 Å². The van der Waals surface area contributed by atoms with Gasteiger partial charge in [-0.1, -0.05) is 18.8 Å². The molecule has 1 aromatic heterocycles. The zero-order valence-electron chi connectivity index (χ0n) is 12.3. The largest absolute Gasteiger partial charge is 0.469 e. The molecule has 21 heavy (non-hydrogen) atoms. The van der Waals surface area contributed by atoms with Crippen LogP contribution in [0.3, 0.4) is 0 Å². The van der Waals surface area contributed by atoms with Crippen molar-refractivity contribution < 1.29 is 19.4 Å². The predicted molar refractivity (Wildman–Crippen MR) is 76.3 cm³/mol. The Morgan fingerprint density at radius 1 is 1.52 bits per heavy atom. The van der Waals surface area contributed by atoms with E-state index in [9.17, 15) is 9.59 Å². The van der Waals surface area contributed by atoms with E-state index in [1.807, 2.05) is 0 Å². The molecule has 1 aromatic rings. The fourth-order valence-electron chi connectivity index (χ4n) is 1.79. The number of methoxy groups -OCH3 is 1. The van der Waals surface area contributed by atoms with Gasteiger partial charge >= 0.3 is 5.97 Å². The lowest BCUT2D eigenvalue weighted by Crippen LogP contribution is -2.34. The van der Waals surface area contributed by atoms with E-state index in [4.69, 9.17) is 5.11 Å². The number of amides is 1. The van der Waals surface area contributed by atoms with E-state index < -0.39 is 5.92 Å². The smallest absolute Gasteiger partial charge is 0.310 e. The Labute approximate surface area is 123 Å². The maximum atomic E-state index is 12.4. The number of aliphatic hydroxyl groups is 1. The Morgan fingerprint density at radius 3 is 2.86 bits per heavy atom. The molecule has 112 valence electrons. The number of hydrogen-bond acceptors (Lipinski definition) is 5. The van der Waals surface area contributed by atoms with E-state index in [1.165, 1.54) is 24.4 Å². The van der Waals surface area contributed by atoms with E-state index >= 15 is 0 Å². The lowest BCUT2D eigenvalue weighted by atomic mass is 10.1. The van der Waals surface area contributed by atoms with Gasteiger partial charge in [0.1, 0.15) is 6.61 Å². The van der Waals surface area contributed by atoms with Crippen molar-refractivity contribution in [2.45, 2.75) is 6.92 Å². The van der Waals surface area contributed by atoms with Gasteiger partial charge in [-0.25, -0.2) is 0 Å². The third-order valence-corrected chi connectivity index (χ3v) is 2.85. The molecule has 6 heteroatoms. The second-order valence-corrected chi connectivity index (χ2v) is 4.49. The standard InChI is InChI=1S/C15H18N2O4/c1-11(15(20)21-3)10-17(2)14(19)13-6-7-16-9-12(13)5-4-8-18/h6-7,9,11,18H,8,10H2,1-3H3. The molecule has 1 heterocycles. The maximum Gasteiger partial charge on any atom is 0.310 e. The molecule has 1 atom stereocenters. The minimum Gasteiger partial charge on any atom is -0.469 e. The van der Waals surface area contributed by atoms with Gasteiger partial charge in [0, 0.05) is 26.0 Å². The van der Waals surface area contributed by atoms with Crippen LogP contribution in [-0.4, -0.2) is 54.2 Å². The monoisotopic (exact) mass is 290 g/mol. The molecule has 1 rings (SSSR count). The Balaban J connectivity index is 2.90. The van der Waals surface area contributed by atoms with Gasteiger partial charge in [-0.05, 0) is 6.07 Å². The van der Waals surface area contributed by atoms with Crippen LogP contribution in [0, 0.1) is 17.8 Å². The zero-order valence-corrected chi connectivity index (χ0v) is 12.3. The number of carbonyl (C=O) groups excluding carboxylic acids is 2. The number of hydrogen-bond donors (Lipinski definition) is 1. The molecule has 1 unspecified atom stereocenters. The maximum absolute atomic E-state index is 12.4. The number of rotatable bonds is 4. The van der Waals surface area contributed by atoms with Gasteiger partial charge in [0.2, 0.25) is 0 Å². The molecule has 0 aliphatic heterocycles. The number of carbonyl (C=O) groups is 2. The van der Waals surface area contributed by atoms with E-state index in [1.54, 1.807) is 20.0 Å². The van der Waals surface area contributed by atoms with Gasteiger partial charge in [-0.2, -0.15) is 0 Å². The van der Waals surface area contributed by atoms with Crippen LogP contribution in [0.2, 0.25) is 0 Å². The highest BCUT2D eigenvalue weighted by Crippen LogP contribution is 2.10. The fourth-order valence-corrected chi connectivity index (χ4v) is 1.79. The Morgan fingerprint density at radius 2 is 2.24 bits per heavy atom. The topological polar surface area (TPSA) is 79.7 Å². The summed E-state index contributed by atoms with van der Waals surface area (Å²) in [7, 11) is 2.91. The first-order chi connectivity index (χ1) is 10.0. The average Bonchev–Trinajstić information content (AvgIpc) is 2.51. The van der Waals surface area contributed by atoms with Gasteiger partial charge in [0.05, 0.1) is 24.2 Å². The number of aromatic nitrogens is 1. The summed E-state index contributed by atoms with van der Waals surface area (Å²) >= 11 is 0. The summed E-state index contributed by atoms with van der Waals surface area (Å²) in [5.41, 5.74) is 0.819. The molecule has 0 aliphatic rings. The first-order valence-electron chi connectivity index (χ1n) is 6.38. The van der Waals surface area contributed by atoms with E-state index in [2.05, 4.69) is 21.6 Å². The summed E-state index contributed by atoms with van der Waals surface area (Å²) in [6, 6.07) is 1.56. The van der Waals surface area contributed by atoms with Crippen molar-refractivity contribution in [1.82, 2.24) is 9.88 Å². The normalized spacial score (nSPS) is 11.0. The number of nitrogens with zero attached hydrogens (tertiary/aromatic N) is 2. The Hall–Kier alpha value is -2.39. The molecular formula is C15H18N2O4. The molecule has 1 amide bonds. The summed E-state index contributed by atoms with van der Waals surface area (Å²) in [4.78, 5) is 29.1. The second-order valence-electron chi connectivity index (χ2n) is 4.49. The second kappa shape index (κ2) is 8.02. The van der Waals surface area contributed by atoms with Crippen LogP contribution in [0.4, 0.5) is 0 Å². The minimum atomic E-state index is -0.419. The molecule has 0 radical (unpaired) electrons. The SMILES string of the molecule is COC(=O)C(C)CN(C)C(=O)c1ccncc1C#CCO. The summed E-state index contributed by atoms with van der Waals surface area (Å²) in [6.07, 6.45) is 2.96. The fraction of sp³-hybridized carbons (Fsp3) is 0.400. The lowest BCUT2D eigenvalue weighted by molar-refractivity contribution is -0.145. The number of aliphatic hydroxyl groups excluding tert-OH is 1.